The van der Waals surface area contributed by atoms with Crippen molar-refractivity contribution in [2.24, 2.45) is 11.8 Å². The van der Waals surface area contributed by atoms with Crippen molar-refractivity contribution in [1.82, 2.24) is 10.2 Å². The number of nitrogens with zero attached hydrogens (tertiary/aromatic N) is 2. The molecule has 10 nitrogen and oxygen atoms in total. The molecule has 3 aromatic carbocycles. The second-order valence-electron chi connectivity index (χ2n) is 13.2. The Balaban J connectivity index is 1.53. The molecule has 0 unspecified atom stereocenters. The average molecular weight is 700 g/mol. The molecule has 0 bridgehead atoms. The summed E-state index contributed by atoms with van der Waals surface area (Å²) in [6.07, 6.45) is 1.72. The van der Waals surface area contributed by atoms with Gasteiger partial charge in [-0.15, -0.1) is 0 Å². The number of aliphatic hydroxyl groups is 1. The fourth-order valence-electron chi connectivity index (χ4n) is 8.29. The molecule has 1 spiro atoms. The number of methoxy groups -OCH3 is 1. The van der Waals surface area contributed by atoms with Crippen LogP contribution in [0.3, 0.4) is 0 Å². The highest BCUT2D eigenvalue weighted by atomic mass is 35.5. The lowest BCUT2D eigenvalue weighted by atomic mass is 9.71. The standard InChI is InChI=1S/C35H37Cl2FN4O6/c1-18-11-24(12-19(18)2)41-29(17-43)32(39-16-22-8-7-20(33(44)48-3)13-28(22)42(46)47)30(25-5-4-6-26(37)31(25)38)35(41)15-21-9-10-23(36)14-27(21)40-34(35)45/h4-10,13-14,18-19,24,29-30,32,39,43H,11-12,15-17H2,1-3H3,(H,40,45)/t18-,19-,29-,30-,32+,35+/m0/s1. The second kappa shape index (κ2) is 13.4. The normalized spacial score (nSPS) is 27.2. The Labute approximate surface area is 287 Å². The number of amides is 1. The first-order valence-electron chi connectivity index (χ1n) is 15.9. The smallest absolute Gasteiger partial charge is 0.338 e. The van der Waals surface area contributed by atoms with Crippen LogP contribution in [0.5, 0.6) is 0 Å². The second-order valence-corrected chi connectivity index (χ2v) is 14.1. The summed E-state index contributed by atoms with van der Waals surface area (Å²) in [6.45, 7) is 3.88. The van der Waals surface area contributed by atoms with E-state index in [1.165, 1.54) is 25.3 Å². The van der Waals surface area contributed by atoms with Gasteiger partial charge in [-0.25, -0.2) is 9.18 Å². The lowest BCUT2D eigenvalue weighted by Crippen LogP contribution is -2.63. The molecule has 6 atom stereocenters. The Morgan fingerprint density at radius 1 is 1.17 bits per heavy atom. The predicted octanol–water partition coefficient (Wildman–Crippen LogP) is 6.11. The summed E-state index contributed by atoms with van der Waals surface area (Å²) >= 11 is 12.7. The van der Waals surface area contributed by atoms with E-state index < -0.39 is 40.3 Å². The highest BCUT2D eigenvalue weighted by Crippen LogP contribution is 2.55. The molecule has 0 radical (unpaired) electrons. The van der Waals surface area contributed by atoms with E-state index in [1.807, 2.05) is 6.07 Å². The van der Waals surface area contributed by atoms with Gasteiger partial charge in [-0.05, 0) is 60.1 Å². The van der Waals surface area contributed by atoms with Crippen LogP contribution in [0.25, 0.3) is 0 Å². The van der Waals surface area contributed by atoms with E-state index in [9.17, 15) is 24.8 Å². The number of hydrogen-bond donors (Lipinski definition) is 3. The van der Waals surface area contributed by atoms with Crippen LogP contribution in [0, 0.1) is 27.8 Å². The van der Waals surface area contributed by atoms with Crippen molar-refractivity contribution in [3.63, 3.8) is 0 Å². The van der Waals surface area contributed by atoms with Crippen molar-refractivity contribution in [2.45, 2.75) is 69.2 Å². The third-order valence-corrected chi connectivity index (χ3v) is 11.2. The number of esters is 1. The Hall–Kier alpha value is -3.61. The predicted molar refractivity (Wildman–Crippen MR) is 180 cm³/mol. The number of nitrogens with one attached hydrogen (secondary N) is 2. The van der Waals surface area contributed by atoms with Gasteiger partial charge in [0.25, 0.3) is 5.69 Å². The number of nitro benzene ring substituents is 1. The molecular formula is C35H37Cl2FN4O6. The summed E-state index contributed by atoms with van der Waals surface area (Å²) in [6, 6.07) is 12.4. The van der Waals surface area contributed by atoms with Crippen molar-refractivity contribution >= 4 is 46.5 Å². The van der Waals surface area contributed by atoms with Gasteiger partial charge in [-0.1, -0.05) is 61.3 Å². The van der Waals surface area contributed by atoms with Gasteiger partial charge in [-0.2, -0.15) is 0 Å². The van der Waals surface area contributed by atoms with Gasteiger partial charge in [0, 0.05) is 53.3 Å². The minimum atomic E-state index is -1.38. The molecule has 1 saturated heterocycles. The van der Waals surface area contributed by atoms with Crippen molar-refractivity contribution in [2.75, 3.05) is 19.0 Å². The number of ether oxygens (including phenoxy) is 1. The number of aliphatic hydroxyl groups excluding tert-OH is 1. The van der Waals surface area contributed by atoms with Crippen LogP contribution in [0.4, 0.5) is 15.8 Å². The fraction of sp³-hybridized carbons (Fsp3) is 0.429. The summed E-state index contributed by atoms with van der Waals surface area (Å²) in [7, 11) is 1.19. The molecule has 1 aliphatic carbocycles. The number of nitro groups is 1. The summed E-state index contributed by atoms with van der Waals surface area (Å²) in [5.74, 6) is -1.96. The maximum absolute atomic E-state index is 16.3. The zero-order valence-corrected chi connectivity index (χ0v) is 28.2. The SMILES string of the molecule is COC(=O)c1ccc(CN[C@@H]2[C@H](CO)N(C3C[C@H](C)[C@@H](C)C3)[C@]3(Cc4ccc(Cl)cc4NC3=O)[C@H]2c2cccc(Cl)c2F)c([N+](=O)[O-])c1. The third kappa shape index (κ3) is 5.75. The van der Waals surface area contributed by atoms with Crippen LogP contribution >= 0.6 is 23.2 Å². The first-order chi connectivity index (χ1) is 22.9. The number of halogens is 3. The maximum Gasteiger partial charge on any atom is 0.338 e. The molecule has 2 aliphatic heterocycles. The summed E-state index contributed by atoms with van der Waals surface area (Å²) in [4.78, 5) is 40.5. The van der Waals surface area contributed by atoms with E-state index in [0.717, 1.165) is 24.5 Å². The molecule has 6 rings (SSSR count). The van der Waals surface area contributed by atoms with Crippen molar-refractivity contribution in [3.05, 3.63) is 103 Å². The number of anilines is 1. The molecule has 2 heterocycles. The lowest BCUT2D eigenvalue weighted by molar-refractivity contribution is -0.385. The van der Waals surface area contributed by atoms with Gasteiger partial charge < -0.3 is 20.5 Å². The molecular weight excluding hydrogens is 662 g/mol. The van der Waals surface area contributed by atoms with Crippen LogP contribution in [0.1, 0.15) is 59.7 Å². The van der Waals surface area contributed by atoms with E-state index in [-0.39, 0.29) is 58.9 Å². The molecule has 1 amide bonds. The van der Waals surface area contributed by atoms with E-state index in [1.54, 1.807) is 24.3 Å². The van der Waals surface area contributed by atoms with Crippen molar-refractivity contribution in [1.29, 1.82) is 0 Å². The van der Waals surface area contributed by atoms with Gasteiger partial charge in [0.2, 0.25) is 5.91 Å². The number of fused-ring (bicyclic) bond motifs is 1. The Bertz CT molecular complexity index is 1770. The zero-order valence-electron chi connectivity index (χ0n) is 26.7. The third-order valence-electron chi connectivity index (χ3n) is 10.7. The maximum atomic E-state index is 16.3. The topological polar surface area (TPSA) is 134 Å². The molecule has 1 saturated carbocycles. The molecule has 48 heavy (non-hydrogen) atoms. The van der Waals surface area contributed by atoms with Crippen LogP contribution in [-0.2, 0) is 22.5 Å². The van der Waals surface area contributed by atoms with Crippen LogP contribution < -0.4 is 10.6 Å². The number of carbonyl (C=O) groups excluding carboxylic acids is 2. The van der Waals surface area contributed by atoms with E-state index >= 15 is 4.39 Å². The lowest BCUT2D eigenvalue weighted by Gasteiger charge is -2.48. The van der Waals surface area contributed by atoms with Gasteiger partial charge >= 0.3 is 5.97 Å². The molecule has 254 valence electrons. The molecule has 3 aliphatic rings. The monoisotopic (exact) mass is 698 g/mol. The number of likely N-dealkylation sites (tertiary alicyclic amines) is 1. The zero-order chi connectivity index (χ0) is 34.5. The Morgan fingerprint density at radius 3 is 2.56 bits per heavy atom. The van der Waals surface area contributed by atoms with Gasteiger partial charge in [0.15, 0.2) is 0 Å². The van der Waals surface area contributed by atoms with Gasteiger partial charge in [0.05, 0.1) is 35.3 Å². The number of rotatable bonds is 8. The Morgan fingerprint density at radius 2 is 1.90 bits per heavy atom. The van der Waals surface area contributed by atoms with Crippen molar-refractivity contribution in [3.8, 4) is 0 Å². The number of hydrogen-bond acceptors (Lipinski definition) is 8. The number of carbonyl (C=O) groups is 2. The average Bonchev–Trinajstić information content (AvgIpc) is 3.53. The molecule has 2 fully saturated rings. The first kappa shape index (κ1) is 34.3. The quantitative estimate of drug-likeness (QED) is 0.146. The minimum absolute atomic E-state index is 0.0215. The summed E-state index contributed by atoms with van der Waals surface area (Å²) in [5.41, 5.74) is 0.166. The van der Waals surface area contributed by atoms with Gasteiger partial charge in [-0.3, -0.25) is 19.8 Å². The largest absolute Gasteiger partial charge is 0.465 e. The molecule has 13 heteroatoms. The van der Waals surface area contributed by atoms with Gasteiger partial charge in [0.1, 0.15) is 11.4 Å². The summed E-state index contributed by atoms with van der Waals surface area (Å²) in [5, 5.41) is 30.1. The van der Waals surface area contributed by atoms with E-state index in [0.29, 0.717) is 22.5 Å². The Kier molecular flexibility index (Phi) is 9.54. The summed E-state index contributed by atoms with van der Waals surface area (Å²) < 4.78 is 21.0. The van der Waals surface area contributed by atoms with Crippen LogP contribution in [0.15, 0.2) is 54.6 Å². The minimum Gasteiger partial charge on any atom is -0.465 e. The van der Waals surface area contributed by atoms with Crippen LogP contribution in [-0.4, -0.2) is 64.2 Å². The highest BCUT2D eigenvalue weighted by Gasteiger charge is 2.66. The van der Waals surface area contributed by atoms with Crippen LogP contribution in [0.2, 0.25) is 10.0 Å². The highest BCUT2D eigenvalue weighted by molar-refractivity contribution is 6.31. The van der Waals surface area contributed by atoms with E-state index in [2.05, 4.69) is 29.4 Å². The molecule has 3 aromatic rings. The molecule has 3 N–H and O–H groups in total. The number of benzene rings is 3. The van der Waals surface area contributed by atoms with Crippen molar-refractivity contribution < 1.29 is 28.7 Å². The van der Waals surface area contributed by atoms with E-state index in [4.69, 9.17) is 27.9 Å². The first-order valence-corrected chi connectivity index (χ1v) is 16.7. The fourth-order valence-corrected chi connectivity index (χ4v) is 8.65. The molecule has 0 aromatic heterocycles.